The van der Waals surface area contributed by atoms with Crippen LogP contribution in [-0.2, 0) is 13.0 Å². The highest BCUT2D eigenvalue weighted by molar-refractivity contribution is 7.16. The zero-order valence-corrected chi connectivity index (χ0v) is 21.4. The van der Waals surface area contributed by atoms with Gasteiger partial charge in [0.2, 0.25) is 0 Å². The Morgan fingerprint density at radius 2 is 2.00 bits per heavy atom. The lowest BCUT2D eigenvalue weighted by atomic mass is 10.0. The number of nitrogens with zero attached hydrogens (tertiary/aromatic N) is 1. The highest BCUT2D eigenvalue weighted by Crippen LogP contribution is 2.41. The molecular weight excluding hydrogens is 509 g/mol. The average molecular weight is 532 g/mol. The SMILES string of the molecule is CCN1CCc2c(sc3c2C(=O)NC(c2ccc(OC(=O)c4ccc(Cl)cc4Cl)c(OC)c2)N3)C1. The molecule has 2 aromatic carbocycles. The van der Waals surface area contributed by atoms with Crippen LogP contribution in [0.2, 0.25) is 10.0 Å². The predicted octanol–water partition coefficient (Wildman–Crippen LogP) is 5.51. The minimum absolute atomic E-state index is 0.0851. The van der Waals surface area contributed by atoms with Crippen molar-refractivity contribution < 1.29 is 19.1 Å². The fourth-order valence-corrected chi connectivity index (χ4v) is 6.16. The molecule has 3 aromatic rings. The summed E-state index contributed by atoms with van der Waals surface area (Å²) < 4.78 is 11.0. The summed E-state index contributed by atoms with van der Waals surface area (Å²) in [7, 11) is 1.49. The van der Waals surface area contributed by atoms with E-state index in [1.54, 1.807) is 35.6 Å². The van der Waals surface area contributed by atoms with Crippen molar-refractivity contribution in [3.05, 3.63) is 73.6 Å². The summed E-state index contributed by atoms with van der Waals surface area (Å²) in [6, 6.07) is 9.71. The number of hydrogen-bond donors (Lipinski definition) is 2. The van der Waals surface area contributed by atoms with Crippen LogP contribution in [0.15, 0.2) is 36.4 Å². The molecule has 5 rings (SSSR count). The van der Waals surface area contributed by atoms with Crippen LogP contribution in [0.4, 0.5) is 5.00 Å². The van der Waals surface area contributed by atoms with Crippen molar-refractivity contribution in [1.29, 1.82) is 0 Å². The molecule has 2 aliphatic heterocycles. The van der Waals surface area contributed by atoms with Gasteiger partial charge in [0.25, 0.3) is 5.91 Å². The normalized spacial score (nSPS) is 17.1. The van der Waals surface area contributed by atoms with Gasteiger partial charge in [0.05, 0.1) is 23.3 Å². The third-order valence-electron chi connectivity index (χ3n) is 6.24. The summed E-state index contributed by atoms with van der Waals surface area (Å²) in [6.07, 6.45) is 0.432. The summed E-state index contributed by atoms with van der Waals surface area (Å²) >= 11 is 13.7. The molecule has 35 heavy (non-hydrogen) atoms. The van der Waals surface area contributed by atoms with Crippen molar-refractivity contribution in [2.24, 2.45) is 0 Å². The second-order valence-corrected chi connectivity index (χ2v) is 10.3. The first-order valence-electron chi connectivity index (χ1n) is 11.2. The van der Waals surface area contributed by atoms with Crippen LogP contribution in [0.1, 0.15) is 49.8 Å². The molecule has 1 atom stereocenters. The second-order valence-electron chi connectivity index (χ2n) is 8.30. The molecule has 182 valence electrons. The Morgan fingerprint density at radius 1 is 1.17 bits per heavy atom. The lowest BCUT2D eigenvalue weighted by Gasteiger charge is -2.28. The third kappa shape index (κ3) is 4.59. The topological polar surface area (TPSA) is 79.9 Å². The summed E-state index contributed by atoms with van der Waals surface area (Å²) in [5.41, 5.74) is 2.87. The molecule has 1 aromatic heterocycles. The van der Waals surface area contributed by atoms with Gasteiger partial charge in [0, 0.05) is 23.0 Å². The molecule has 10 heteroatoms. The highest BCUT2D eigenvalue weighted by atomic mass is 35.5. The number of hydrogen-bond acceptors (Lipinski definition) is 7. The maximum absolute atomic E-state index is 13.1. The number of ether oxygens (including phenoxy) is 2. The van der Waals surface area contributed by atoms with Gasteiger partial charge in [0.1, 0.15) is 11.2 Å². The van der Waals surface area contributed by atoms with Gasteiger partial charge in [0.15, 0.2) is 11.5 Å². The number of amides is 1. The molecule has 3 heterocycles. The van der Waals surface area contributed by atoms with Gasteiger partial charge in [-0.25, -0.2) is 4.79 Å². The van der Waals surface area contributed by atoms with E-state index in [2.05, 4.69) is 22.5 Å². The van der Waals surface area contributed by atoms with Crippen LogP contribution in [0.5, 0.6) is 11.5 Å². The molecule has 0 saturated heterocycles. The van der Waals surface area contributed by atoms with E-state index >= 15 is 0 Å². The van der Waals surface area contributed by atoms with Crippen LogP contribution in [0.3, 0.4) is 0 Å². The fraction of sp³-hybridized carbons (Fsp3) is 0.280. The number of carbonyl (C=O) groups is 2. The van der Waals surface area contributed by atoms with Gasteiger partial charge in [-0.1, -0.05) is 36.2 Å². The van der Waals surface area contributed by atoms with E-state index in [0.29, 0.717) is 10.8 Å². The number of halogens is 2. The van der Waals surface area contributed by atoms with Crippen molar-refractivity contribution in [3.8, 4) is 11.5 Å². The number of fused-ring (bicyclic) bond motifs is 3. The molecule has 0 fully saturated rings. The molecule has 1 amide bonds. The molecule has 7 nitrogen and oxygen atoms in total. The number of thiophene rings is 1. The average Bonchev–Trinajstić information content (AvgIpc) is 3.22. The van der Waals surface area contributed by atoms with Crippen LogP contribution in [-0.4, -0.2) is 37.0 Å². The molecule has 0 spiro atoms. The number of nitrogens with one attached hydrogen (secondary N) is 2. The molecule has 2 N–H and O–H groups in total. The summed E-state index contributed by atoms with van der Waals surface area (Å²) in [5.74, 6) is -0.122. The van der Waals surface area contributed by atoms with E-state index < -0.39 is 12.1 Å². The lowest BCUT2D eigenvalue weighted by Crippen LogP contribution is -2.38. The van der Waals surface area contributed by atoms with Gasteiger partial charge < -0.3 is 20.1 Å². The van der Waals surface area contributed by atoms with Gasteiger partial charge in [-0.15, -0.1) is 11.3 Å². The van der Waals surface area contributed by atoms with E-state index in [4.69, 9.17) is 32.7 Å². The quantitative estimate of drug-likeness (QED) is 0.333. The molecule has 0 bridgehead atoms. The summed E-state index contributed by atoms with van der Waals surface area (Å²) in [6.45, 7) is 4.97. The van der Waals surface area contributed by atoms with Crippen molar-refractivity contribution >= 4 is 51.4 Å². The second kappa shape index (κ2) is 9.70. The summed E-state index contributed by atoms with van der Waals surface area (Å²) in [5, 5.41) is 8.01. The van der Waals surface area contributed by atoms with Crippen LogP contribution in [0.25, 0.3) is 0 Å². The van der Waals surface area contributed by atoms with Crippen molar-refractivity contribution in [1.82, 2.24) is 10.2 Å². The van der Waals surface area contributed by atoms with Crippen molar-refractivity contribution in [2.75, 3.05) is 25.5 Å². The van der Waals surface area contributed by atoms with Crippen molar-refractivity contribution in [2.45, 2.75) is 26.1 Å². The Balaban J connectivity index is 1.37. The van der Waals surface area contributed by atoms with Crippen LogP contribution in [0, 0.1) is 0 Å². The van der Waals surface area contributed by atoms with Gasteiger partial charge in [-0.05, 0) is 54.4 Å². The summed E-state index contributed by atoms with van der Waals surface area (Å²) in [4.78, 5) is 29.3. The Labute approximate surface area is 216 Å². The first kappa shape index (κ1) is 23.9. The molecule has 0 aliphatic carbocycles. The number of methoxy groups -OCH3 is 1. The van der Waals surface area contributed by atoms with Crippen LogP contribution >= 0.6 is 34.5 Å². The highest BCUT2D eigenvalue weighted by Gasteiger charge is 2.33. The van der Waals surface area contributed by atoms with Gasteiger partial charge >= 0.3 is 5.97 Å². The Morgan fingerprint density at radius 3 is 2.74 bits per heavy atom. The number of benzene rings is 2. The number of likely N-dealkylation sites (N-methyl/N-ethyl adjacent to an activating group) is 1. The maximum atomic E-state index is 13.1. The smallest absolute Gasteiger partial charge is 0.345 e. The number of carbonyl (C=O) groups excluding carboxylic acids is 2. The third-order valence-corrected chi connectivity index (χ3v) is 7.93. The van der Waals surface area contributed by atoms with E-state index in [9.17, 15) is 9.59 Å². The zero-order chi connectivity index (χ0) is 24.7. The predicted molar refractivity (Wildman–Crippen MR) is 137 cm³/mol. The first-order chi connectivity index (χ1) is 16.9. The van der Waals surface area contributed by atoms with E-state index in [0.717, 1.165) is 47.7 Å². The molecule has 0 saturated carbocycles. The number of esters is 1. The molecular formula is C25H23Cl2N3O4S. The van der Waals surface area contributed by atoms with Crippen LogP contribution < -0.4 is 20.1 Å². The standard InChI is InChI=1S/C25H23Cl2N3O4S/c1-3-30-9-8-16-20(12-30)35-24-21(16)23(31)28-22(29-24)13-4-7-18(19(10-13)33-2)34-25(32)15-6-5-14(26)11-17(15)27/h4-7,10-11,22,29H,3,8-9,12H2,1-2H3,(H,28,31). The molecule has 0 radical (unpaired) electrons. The maximum Gasteiger partial charge on any atom is 0.345 e. The lowest BCUT2D eigenvalue weighted by molar-refractivity contribution is 0.0729. The Kier molecular flexibility index (Phi) is 6.63. The van der Waals surface area contributed by atoms with Gasteiger partial charge in [-0.2, -0.15) is 0 Å². The molecule has 1 unspecified atom stereocenters. The Bertz CT molecular complexity index is 1330. The first-order valence-corrected chi connectivity index (χ1v) is 12.7. The van der Waals surface area contributed by atoms with Gasteiger partial charge in [-0.3, -0.25) is 9.69 Å². The monoisotopic (exact) mass is 531 g/mol. The minimum atomic E-state index is -0.628. The fourth-order valence-electron chi connectivity index (χ4n) is 4.36. The van der Waals surface area contributed by atoms with E-state index in [1.807, 2.05) is 0 Å². The minimum Gasteiger partial charge on any atom is -0.493 e. The van der Waals surface area contributed by atoms with Crippen molar-refractivity contribution in [3.63, 3.8) is 0 Å². The Hall–Kier alpha value is -2.78. The van der Waals surface area contributed by atoms with E-state index in [1.165, 1.54) is 24.1 Å². The number of rotatable bonds is 5. The zero-order valence-electron chi connectivity index (χ0n) is 19.1. The number of anilines is 1. The van der Waals surface area contributed by atoms with E-state index in [-0.39, 0.29) is 22.2 Å². The molecule has 2 aliphatic rings. The largest absolute Gasteiger partial charge is 0.493 e.